The number of hydrogen-bond acceptors (Lipinski definition) is 3. The van der Waals surface area contributed by atoms with Crippen molar-refractivity contribution in [2.75, 3.05) is 6.61 Å². The summed E-state index contributed by atoms with van der Waals surface area (Å²) in [7, 11) is 0. The summed E-state index contributed by atoms with van der Waals surface area (Å²) >= 11 is 0. The Hall–Kier alpha value is -1.36. The summed E-state index contributed by atoms with van der Waals surface area (Å²) < 4.78 is 0. The van der Waals surface area contributed by atoms with Crippen molar-refractivity contribution in [2.24, 2.45) is 0 Å². The number of rotatable bonds is 16. The lowest BCUT2D eigenvalue weighted by Gasteiger charge is -2.05. The average molecular weight is 355 g/mol. The summed E-state index contributed by atoms with van der Waals surface area (Å²) in [5.74, 6) is -0.808. The third-order valence-corrected chi connectivity index (χ3v) is 4.15. The Morgan fingerprint density at radius 2 is 1.20 bits per heavy atom. The number of unbranched alkanes of at least 4 members (excludes halogenated alkanes) is 11. The van der Waals surface area contributed by atoms with Gasteiger partial charge in [-0.05, 0) is 32.1 Å². The molecule has 0 aliphatic heterocycles. The van der Waals surface area contributed by atoms with Crippen molar-refractivity contribution >= 4 is 11.8 Å². The number of carbonyl (C=O) groups is 2. The Bertz CT molecular complexity index is 357. The number of amides is 2. The molecule has 0 bridgehead atoms. The monoisotopic (exact) mass is 354 g/mol. The first-order valence-corrected chi connectivity index (χ1v) is 10.0. The van der Waals surface area contributed by atoms with Crippen LogP contribution >= 0.6 is 0 Å². The van der Waals surface area contributed by atoms with E-state index in [-0.39, 0.29) is 5.91 Å². The lowest BCUT2D eigenvalue weighted by Crippen LogP contribution is -2.42. The fourth-order valence-corrected chi connectivity index (χ4v) is 2.60. The number of nitrogens with one attached hydrogen (secondary N) is 2. The van der Waals surface area contributed by atoms with Crippen LogP contribution in [0.1, 0.15) is 96.8 Å². The number of hydrogen-bond donors (Lipinski definition) is 3. The standard InChI is InChI=1S/C20H38N2O3/c1-2-3-4-5-6-7-8-9-10-11-12-13-14-15-16-17-19(24)21-22-20(25)18-23/h9-10,23H,2-8,11-18H2,1H3,(H,21,24)(H,22,25)/b10-9-. The van der Waals surface area contributed by atoms with E-state index in [9.17, 15) is 9.59 Å². The molecule has 2 amide bonds. The predicted octanol–water partition coefficient (Wildman–Crippen LogP) is 4.16. The highest BCUT2D eigenvalue weighted by Crippen LogP contribution is 2.09. The maximum atomic E-state index is 11.4. The minimum atomic E-state index is -0.617. The van der Waals surface area contributed by atoms with Crippen LogP contribution in [0.2, 0.25) is 0 Å². The minimum Gasteiger partial charge on any atom is -0.386 e. The summed E-state index contributed by atoms with van der Waals surface area (Å²) in [5, 5.41) is 8.50. The second-order valence-corrected chi connectivity index (χ2v) is 6.59. The molecule has 5 nitrogen and oxygen atoms in total. The molecule has 0 heterocycles. The third kappa shape index (κ3) is 18.8. The van der Waals surface area contributed by atoms with Crippen molar-refractivity contribution in [3.05, 3.63) is 12.2 Å². The van der Waals surface area contributed by atoms with Gasteiger partial charge in [0, 0.05) is 6.42 Å². The van der Waals surface area contributed by atoms with Crippen LogP contribution in [0.3, 0.4) is 0 Å². The minimum absolute atomic E-state index is 0.209. The number of allylic oxidation sites excluding steroid dienone is 2. The van der Waals surface area contributed by atoms with Gasteiger partial charge in [0.05, 0.1) is 0 Å². The maximum absolute atomic E-state index is 11.4. The highest BCUT2D eigenvalue weighted by Gasteiger charge is 2.02. The number of carbonyl (C=O) groups excluding carboxylic acids is 2. The van der Waals surface area contributed by atoms with E-state index < -0.39 is 12.5 Å². The molecular weight excluding hydrogens is 316 g/mol. The van der Waals surface area contributed by atoms with Crippen LogP contribution in [0.5, 0.6) is 0 Å². The van der Waals surface area contributed by atoms with Crippen LogP contribution in [0, 0.1) is 0 Å². The summed E-state index contributed by atoms with van der Waals surface area (Å²) in [6.07, 6.45) is 21.0. The molecule has 0 atom stereocenters. The Balaban J connectivity index is 3.24. The van der Waals surface area contributed by atoms with Gasteiger partial charge in [0.2, 0.25) is 5.91 Å². The Morgan fingerprint density at radius 1 is 0.720 bits per heavy atom. The molecule has 146 valence electrons. The van der Waals surface area contributed by atoms with Crippen LogP contribution < -0.4 is 10.9 Å². The molecule has 5 heteroatoms. The first-order chi connectivity index (χ1) is 12.2. The van der Waals surface area contributed by atoms with Crippen LogP contribution in [0.4, 0.5) is 0 Å². The van der Waals surface area contributed by atoms with Crippen molar-refractivity contribution in [3.8, 4) is 0 Å². The van der Waals surface area contributed by atoms with E-state index >= 15 is 0 Å². The van der Waals surface area contributed by atoms with E-state index in [4.69, 9.17) is 5.11 Å². The SMILES string of the molecule is CCCCCCCC/C=C\CCCCCCCC(=O)NNC(=O)CO. The van der Waals surface area contributed by atoms with Crippen LogP contribution in [-0.4, -0.2) is 23.5 Å². The van der Waals surface area contributed by atoms with Gasteiger partial charge in [-0.2, -0.15) is 0 Å². The molecule has 0 spiro atoms. The molecule has 25 heavy (non-hydrogen) atoms. The number of aliphatic hydroxyl groups excluding tert-OH is 1. The van der Waals surface area contributed by atoms with E-state index in [1.54, 1.807) is 0 Å². The molecule has 0 aromatic rings. The topological polar surface area (TPSA) is 78.4 Å². The van der Waals surface area contributed by atoms with Crippen molar-refractivity contribution in [2.45, 2.75) is 96.8 Å². The zero-order chi connectivity index (χ0) is 18.6. The Kier molecular flexibility index (Phi) is 17.9. The molecule has 0 saturated heterocycles. The lowest BCUT2D eigenvalue weighted by atomic mass is 10.1. The lowest BCUT2D eigenvalue weighted by molar-refractivity contribution is -0.130. The highest BCUT2D eigenvalue weighted by atomic mass is 16.3. The molecule has 0 aromatic heterocycles. The van der Waals surface area contributed by atoms with Crippen LogP contribution in [-0.2, 0) is 9.59 Å². The molecule has 0 aliphatic rings. The van der Waals surface area contributed by atoms with E-state index in [1.165, 1.54) is 57.8 Å². The molecule has 0 fully saturated rings. The molecule has 3 N–H and O–H groups in total. The Morgan fingerprint density at radius 3 is 1.76 bits per heavy atom. The summed E-state index contributed by atoms with van der Waals surface area (Å²) in [6, 6.07) is 0. The molecule has 0 aliphatic carbocycles. The van der Waals surface area contributed by atoms with E-state index in [0.717, 1.165) is 25.7 Å². The molecular formula is C20H38N2O3. The van der Waals surface area contributed by atoms with Gasteiger partial charge < -0.3 is 5.11 Å². The van der Waals surface area contributed by atoms with Gasteiger partial charge in [-0.25, -0.2) is 0 Å². The van der Waals surface area contributed by atoms with Crippen molar-refractivity contribution < 1.29 is 14.7 Å². The number of hydrazine groups is 1. The zero-order valence-corrected chi connectivity index (χ0v) is 16.0. The second-order valence-electron chi connectivity index (χ2n) is 6.59. The van der Waals surface area contributed by atoms with Gasteiger partial charge >= 0.3 is 0 Å². The second kappa shape index (κ2) is 19.0. The van der Waals surface area contributed by atoms with E-state index in [2.05, 4.69) is 29.9 Å². The van der Waals surface area contributed by atoms with E-state index in [0.29, 0.717) is 6.42 Å². The van der Waals surface area contributed by atoms with Gasteiger partial charge in [-0.3, -0.25) is 20.4 Å². The first kappa shape index (κ1) is 23.6. The normalized spacial score (nSPS) is 11.0. The summed E-state index contributed by atoms with van der Waals surface area (Å²) in [4.78, 5) is 22.1. The number of aliphatic hydroxyl groups is 1. The van der Waals surface area contributed by atoms with Gasteiger partial charge in [-0.15, -0.1) is 0 Å². The smallest absolute Gasteiger partial charge is 0.264 e. The highest BCUT2D eigenvalue weighted by molar-refractivity contribution is 5.82. The molecule has 0 unspecified atom stereocenters. The fourth-order valence-electron chi connectivity index (χ4n) is 2.60. The third-order valence-electron chi connectivity index (χ3n) is 4.15. The Labute approximate surface area is 153 Å². The van der Waals surface area contributed by atoms with Gasteiger partial charge in [0.1, 0.15) is 6.61 Å². The van der Waals surface area contributed by atoms with E-state index in [1.807, 2.05) is 0 Å². The van der Waals surface area contributed by atoms with Crippen LogP contribution in [0.25, 0.3) is 0 Å². The van der Waals surface area contributed by atoms with Gasteiger partial charge in [0.25, 0.3) is 5.91 Å². The quantitative estimate of drug-likeness (QED) is 0.221. The molecule has 0 aromatic carbocycles. The molecule has 0 rings (SSSR count). The maximum Gasteiger partial charge on any atom is 0.264 e. The van der Waals surface area contributed by atoms with Crippen molar-refractivity contribution in [1.29, 1.82) is 0 Å². The molecule has 0 saturated carbocycles. The predicted molar refractivity (Wildman–Crippen MR) is 103 cm³/mol. The average Bonchev–Trinajstić information content (AvgIpc) is 2.62. The summed E-state index contributed by atoms with van der Waals surface area (Å²) in [6.45, 7) is 1.63. The van der Waals surface area contributed by atoms with Gasteiger partial charge in [-0.1, -0.05) is 70.4 Å². The zero-order valence-electron chi connectivity index (χ0n) is 16.0. The van der Waals surface area contributed by atoms with Crippen molar-refractivity contribution in [1.82, 2.24) is 10.9 Å². The van der Waals surface area contributed by atoms with Crippen molar-refractivity contribution in [3.63, 3.8) is 0 Å². The van der Waals surface area contributed by atoms with Crippen LogP contribution in [0.15, 0.2) is 12.2 Å². The largest absolute Gasteiger partial charge is 0.386 e. The van der Waals surface area contributed by atoms with Gasteiger partial charge in [0.15, 0.2) is 0 Å². The molecule has 0 radical (unpaired) electrons. The first-order valence-electron chi connectivity index (χ1n) is 10.0. The summed E-state index contributed by atoms with van der Waals surface area (Å²) in [5.41, 5.74) is 4.41. The fraction of sp³-hybridized carbons (Fsp3) is 0.800.